The first-order valence-electron chi connectivity index (χ1n) is 6.00. The molecule has 82 valence electrons. The van der Waals surface area contributed by atoms with Crippen molar-refractivity contribution >= 4 is 0 Å². The molecule has 1 atom stereocenters. The number of nitrogens with two attached hydrogens (primary N) is 1. The van der Waals surface area contributed by atoms with E-state index in [-0.39, 0.29) is 5.54 Å². The standard InChI is InChI=1S/C12H24N2/c1-11(2)5-6-12(8-11,9-13)14-7-10-3-4-10/h10,14H,3-9,13H2,1-2H3. The van der Waals surface area contributed by atoms with Gasteiger partial charge in [-0.1, -0.05) is 13.8 Å². The number of nitrogens with one attached hydrogen (secondary N) is 1. The summed E-state index contributed by atoms with van der Waals surface area (Å²) in [7, 11) is 0. The third kappa shape index (κ3) is 2.29. The highest BCUT2D eigenvalue weighted by atomic mass is 15.0. The van der Waals surface area contributed by atoms with Gasteiger partial charge in [-0.05, 0) is 50.0 Å². The molecule has 2 rings (SSSR count). The highest BCUT2D eigenvalue weighted by Gasteiger charge is 2.42. The number of hydrogen-bond acceptors (Lipinski definition) is 2. The van der Waals surface area contributed by atoms with Crippen LogP contribution in [0.2, 0.25) is 0 Å². The molecule has 0 aromatic heterocycles. The van der Waals surface area contributed by atoms with Gasteiger partial charge in [0.1, 0.15) is 0 Å². The van der Waals surface area contributed by atoms with Gasteiger partial charge in [-0.25, -0.2) is 0 Å². The molecule has 2 nitrogen and oxygen atoms in total. The predicted octanol–water partition coefficient (Wildman–Crippen LogP) is 1.89. The SMILES string of the molecule is CC1(C)CCC(CN)(NCC2CC2)C1. The molecule has 0 radical (unpaired) electrons. The van der Waals surface area contributed by atoms with E-state index in [1.54, 1.807) is 0 Å². The van der Waals surface area contributed by atoms with E-state index in [4.69, 9.17) is 5.73 Å². The van der Waals surface area contributed by atoms with Crippen LogP contribution in [0.1, 0.15) is 46.0 Å². The van der Waals surface area contributed by atoms with Crippen molar-refractivity contribution < 1.29 is 0 Å². The van der Waals surface area contributed by atoms with E-state index in [0.29, 0.717) is 5.41 Å². The predicted molar refractivity (Wildman–Crippen MR) is 60.1 cm³/mol. The zero-order chi connectivity index (χ0) is 10.2. The lowest BCUT2D eigenvalue weighted by Gasteiger charge is -2.31. The lowest BCUT2D eigenvalue weighted by Crippen LogP contribution is -2.50. The molecule has 2 aliphatic rings. The minimum absolute atomic E-state index is 0.270. The Kier molecular flexibility index (Phi) is 2.61. The molecule has 14 heavy (non-hydrogen) atoms. The fourth-order valence-corrected chi connectivity index (χ4v) is 2.75. The van der Waals surface area contributed by atoms with E-state index in [1.807, 2.05) is 0 Å². The highest BCUT2D eigenvalue weighted by molar-refractivity contribution is 5.01. The molecule has 0 amide bonds. The Bertz CT molecular complexity index is 208. The molecular formula is C12H24N2. The Balaban J connectivity index is 1.89. The topological polar surface area (TPSA) is 38.0 Å². The zero-order valence-corrected chi connectivity index (χ0v) is 9.60. The van der Waals surface area contributed by atoms with Crippen LogP contribution in [-0.4, -0.2) is 18.6 Å². The molecule has 0 aromatic rings. The van der Waals surface area contributed by atoms with Gasteiger partial charge in [0.2, 0.25) is 0 Å². The van der Waals surface area contributed by atoms with Gasteiger partial charge in [0.25, 0.3) is 0 Å². The average molecular weight is 196 g/mol. The number of hydrogen-bond donors (Lipinski definition) is 2. The molecule has 0 aromatic carbocycles. The van der Waals surface area contributed by atoms with Gasteiger partial charge in [-0.3, -0.25) is 0 Å². The smallest absolute Gasteiger partial charge is 0.0309 e. The van der Waals surface area contributed by atoms with Gasteiger partial charge >= 0.3 is 0 Å². The van der Waals surface area contributed by atoms with E-state index >= 15 is 0 Å². The Hall–Kier alpha value is -0.0800. The van der Waals surface area contributed by atoms with Gasteiger partial charge < -0.3 is 11.1 Å². The Labute approximate surface area is 87.6 Å². The van der Waals surface area contributed by atoms with Gasteiger partial charge in [0, 0.05) is 12.1 Å². The third-order valence-corrected chi connectivity index (χ3v) is 3.95. The fourth-order valence-electron chi connectivity index (χ4n) is 2.75. The van der Waals surface area contributed by atoms with Crippen LogP contribution in [0.15, 0.2) is 0 Å². The average Bonchev–Trinajstić information content (AvgIpc) is 2.89. The van der Waals surface area contributed by atoms with E-state index in [1.165, 1.54) is 38.6 Å². The van der Waals surface area contributed by atoms with Crippen molar-refractivity contribution in [3.8, 4) is 0 Å². The second-order valence-corrected chi connectivity index (χ2v) is 6.15. The summed E-state index contributed by atoms with van der Waals surface area (Å²) in [5.41, 5.74) is 6.70. The van der Waals surface area contributed by atoms with Crippen LogP contribution in [0.4, 0.5) is 0 Å². The Morgan fingerprint density at radius 1 is 1.29 bits per heavy atom. The maximum atomic E-state index is 5.93. The van der Waals surface area contributed by atoms with Gasteiger partial charge in [-0.15, -0.1) is 0 Å². The molecule has 0 saturated heterocycles. The van der Waals surface area contributed by atoms with Crippen molar-refractivity contribution in [1.29, 1.82) is 0 Å². The number of rotatable bonds is 4. The summed E-state index contributed by atoms with van der Waals surface area (Å²) in [5.74, 6) is 0.960. The minimum atomic E-state index is 0.270. The Morgan fingerprint density at radius 3 is 2.43 bits per heavy atom. The van der Waals surface area contributed by atoms with E-state index in [9.17, 15) is 0 Å². The summed E-state index contributed by atoms with van der Waals surface area (Å²) in [4.78, 5) is 0. The molecule has 0 spiro atoms. The third-order valence-electron chi connectivity index (χ3n) is 3.95. The molecule has 0 heterocycles. The van der Waals surface area contributed by atoms with Gasteiger partial charge in [0.15, 0.2) is 0 Å². The summed E-state index contributed by atoms with van der Waals surface area (Å²) < 4.78 is 0. The minimum Gasteiger partial charge on any atom is -0.329 e. The first-order valence-corrected chi connectivity index (χ1v) is 6.00. The van der Waals surface area contributed by atoms with Gasteiger partial charge in [0.05, 0.1) is 0 Å². The maximum absolute atomic E-state index is 5.93. The largest absolute Gasteiger partial charge is 0.329 e. The first kappa shape index (κ1) is 10.4. The normalized spacial score (nSPS) is 36.2. The van der Waals surface area contributed by atoms with Crippen molar-refractivity contribution in [3.63, 3.8) is 0 Å². The maximum Gasteiger partial charge on any atom is 0.0309 e. The monoisotopic (exact) mass is 196 g/mol. The lowest BCUT2D eigenvalue weighted by atomic mass is 9.87. The molecule has 2 fully saturated rings. The Morgan fingerprint density at radius 2 is 2.00 bits per heavy atom. The molecular weight excluding hydrogens is 172 g/mol. The van der Waals surface area contributed by atoms with Crippen LogP contribution < -0.4 is 11.1 Å². The van der Waals surface area contributed by atoms with Crippen molar-refractivity contribution in [1.82, 2.24) is 5.32 Å². The molecule has 2 heteroatoms. The van der Waals surface area contributed by atoms with Crippen LogP contribution in [0.5, 0.6) is 0 Å². The molecule has 0 aliphatic heterocycles. The second-order valence-electron chi connectivity index (χ2n) is 6.15. The van der Waals surface area contributed by atoms with Crippen molar-refractivity contribution in [2.75, 3.05) is 13.1 Å². The van der Waals surface area contributed by atoms with E-state index in [0.717, 1.165) is 12.5 Å². The molecule has 2 aliphatic carbocycles. The summed E-state index contributed by atoms with van der Waals surface area (Å²) in [5, 5.41) is 3.74. The summed E-state index contributed by atoms with van der Waals surface area (Å²) in [6, 6.07) is 0. The lowest BCUT2D eigenvalue weighted by molar-refractivity contribution is 0.288. The van der Waals surface area contributed by atoms with Crippen LogP contribution in [0.3, 0.4) is 0 Å². The highest BCUT2D eigenvalue weighted by Crippen LogP contribution is 2.43. The molecule has 1 unspecified atom stereocenters. The van der Waals surface area contributed by atoms with Crippen LogP contribution >= 0.6 is 0 Å². The summed E-state index contributed by atoms with van der Waals surface area (Å²) in [6.45, 7) is 6.74. The quantitative estimate of drug-likeness (QED) is 0.720. The van der Waals surface area contributed by atoms with Crippen LogP contribution in [-0.2, 0) is 0 Å². The summed E-state index contributed by atoms with van der Waals surface area (Å²) in [6.07, 6.45) is 6.70. The van der Waals surface area contributed by atoms with E-state index < -0.39 is 0 Å². The second kappa shape index (κ2) is 3.49. The van der Waals surface area contributed by atoms with Crippen molar-refractivity contribution in [2.24, 2.45) is 17.1 Å². The summed E-state index contributed by atoms with van der Waals surface area (Å²) >= 11 is 0. The molecule has 3 N–H and O–H groups in total. The zero-order valence-electron chi connectivity index (χ0n) is 9.60. The van der Waals surface area contributed by atoms with Crippen molar-refractivity contribution in [2.45, 2.75) is 51.5 Å². The van der Waals surface area contributed by atoms with Crippen LogP contribution in [0.25, 0.3) is 0 Å². The van der Waals surface area contributed by atoms with Crippen molar-refractivity contribution in [3.05, 3.63) is 0 Å². The molecule has 0 bridgehead atoms. The van der Waals surface area contributed by atoms with Crippen LogP contribution in [0, 0.1) is 11.3 Å². The van der Waals surface area contributed by atoms with Gasteiger partial charge in [-0.2, -0.15) is 0 Å². The van der Waals surface area contributed by atoms with E-state index in [2.05, 4.69) is 19.2 Å². The fraction of sp³-hybridized carbons (Fsp3) is 1.00. The first-order chi connectivity index (χ1) is 6.55. The molecule has 2 saturated carbocycles.